The first kappa shape index (κ1) is 19.5. The maximum absolute atomic E-state index is 9.60. The molecule has 3 aromatic rings. The number of aromatic hydroxyl groups is 2. The smallest absolute Gasteiger partial charge is 0.154 e. The molecule has 0 radical (unpaired) electrons. The first-order chi connectivity index (χ1) is 15.2. The molecule has 3 aromatic carbocycles. The van der Waals surface area contributed by atoms with Gasteiger partial charge in [0.05, 0.1) is 17.8 Å². The van der Waals surface area contributed by atoms with E-state index >= 15 is 0 Å². The first-order valence-corrected chi connectivity index (χ1v) is 10.4. The topological polar surface area (TPSA) is 86.2 Å². The number of phenols is 2. The second-order valence-corrected chi connectivity index (χ2v) is 7.85. The largest absolute Gasteiger partial charge is 0.508 e. The first-order valence-electron chi connectivity index (χ1n) is 10.4. The van der Waals surface area contributed by atoms with E-state index in [0.29, 0.717) is 35.1 Å². The monoisotopic (exact) mass is 419 g/mol. The van der Waals surface area contributed by atoms with Crippen molar-refractivity contribution in [3.8, 4) is 34.5 Å². The van der Waals surface area contributed by atoms with Crippen LogP contribution in [0.4, 0.5) is 5.69 Å². The molecule has 0 aromatic heterocycles. The van der Waals surface area contributed by atoms with Crippen LogP contribution in [0.15, 0.2) is 66.7 Å². The van der Waals surface area contributed by atoms with E-state index in [4.69, 9.17) is 9.47 Å². The third kappa shape index (κ3) is 4.23. The zero-order valence-electron chi connectivity index (χ0n) is 17.0. The highest BCUT2D eigenvalue weighted by Crippen LogP contribution is 2.40. The third-order valence-electron chi connectivity index (χ3n) is 5.65. The van der Waals surface area contributed by atoms with E-state index in [1.807, 2.05) is 18.2 Å². The maximum atomic E-state index is 9.60. The van der Waals surface area contributed by atoms with E-state index in [9.17, 15) is 10.2 Å². The van der Waals surface area contributed by atoms with Gasteiger partial charge in [-0.1, -0.05) is 0 Å². The molecule has 31 heavy (non-hydrogen) atoms. The molecular formula is C24H25N3O4. The number of rotatable bonds is 7. The Hall–Kier alpha value is -3.42. The molecule has 2 aliphatic rings. The fourth-order valence-corrected chi connectivity index (χ4v) is 3.78. The number of anilines is 1. The molecule has 0 bridgehead atoms. The fraction of sp³-hybridized carbons (Fsp3) is 0.250. The number of benzene rings is 3. The molecule has 0 saturated carbocycles. The summed E-state index contributed by atoms with van der Waals surface area (Å²) in [6, 6.07) is 20.0. The summed E-state index contributed by atoms with van der Waals surface area (Å²) < 4.78 is 12.3. The van der Waals surface area contributed by atoms with Gasteiger partial charge in [-0.25, -0.2) is 0 Å². The Morgan fingerprint density at radius 1 is 0.645 bits per heavy atom. The molecule has 4 N–H and O–H groups in total. The Balaban J connectivity index is 1.49. The van der Waals surface area contributed by atoms with Crippen LogP contribution < -0.4 is 25.0 Å². The fourth-order valence-electron chi connectivity index (χ4n) is 3.78. The minimum Gasteiger partial charge on any atom is -0.508 e. The van der Waals surface area contributed by atoms with Crippen LogP contribution in [0.1, 0.15) is 0 Å². The number of nitrogens with one attached hydrogen (secondary N) is 2. The highest BCUT2D eigenvalue weighted by Gasteiger charge is 2.35. The van der Waals surface area contributed by atoms with E-state index in [0.717, 1.165) is 31.9 Å². The van der Waals surface area contributed by atoms with Crippen molar-refractivity contribution in [2.45, 2.75) is 12.1 Å². The van der Waals surface area contributed by atoms with E-state index in [-0.39, 0.29) is 11.5 Å². The van der Waals surface area contributed by atoms with Gasteiger partial charge in [-0.3, -0.25) is 0 Å². The molecule has 0 unspecified atom stereocenters. The van der Waals surface area contributed by atoms with Gasteiger partial charge in [0.1, 0.15) is 28.7 Å². The van der Waals surface area contributed by atoms with Gasteiger partial charge < -0.3 is 35.2 Å². The van der Waals surface area contributed by atoms with Crippen LogP contribution in [0.2, 0.25) is 0 Å². The van der Waals surface area contributed by atoms with Crippen LogP contribution in [-0.2, 0) is 0 Å². The van der Waals surface area contributed by atoms with Crippen molar-refractivity contribution in [3.05, 3.63) is 66.7 Å². The van der Waals surface area contributed by atoms with Crippen molar-refractivity contribution in [1.82, 2.24) is 10.6 Å². The lowest BCUT2D eigenvalue weighted by molar-refractivity contribution is 0.325. The molecule has 0 spiro atoms. The van der Waals surface area contributed by atoms with Gasteiger partial charge >= 0.3 is 0 Å². The van der Waals surface area contributed by atoms with Gasteiger partial charge in [0.15, 0.2) is 5.75 Å². The standard InChI is InChI=1S/C24H25N3O4/c28-18-1-5-20(6-2-18)30-22-9-10-23(27(16-12-25-13-16)17-14-26-15-17)24(11-22)31-21-7-3-19(29)4-8-21/h1-11,16-17,25-26,28-29H,12-15H2. The third-order valence-corrected chi connectivity index (χ3v) is 5.65. The summed E-state index contributed by atoms with van der Waals surface area (Å²) in [5.41, 5.74) is 1.02. The second-order valence-electron chi connectivity index (χ2n) is 7.85. The summed E-state index contributed by atoms with van der Waals surface area (Å²) in [6.45, 7) is 3.78. The highest BCUT2D eigenvalue weighted by atomic mass is 16.5. The molecule has 2 saturated heterocycles. The molecular weight excluding hydrogens is 394 g/mol. The van der Waals surface area contributed by atoms with Crippen molar-refractivity contribution in [1.29, 1.82) is 0 Å². The van der Waals surface area contributed by atoms with E-state index < -0.39 is 0 Å². The number of hydrogen-bond donors (Lipinski definition) is 4. The predicted octanol–water partition coefficient (Wildman–Crippen LogP) is 3.43. The number of phenolic OH excluding ortho intramolecular Hbond substituents is 2. The van der Waals surface area contributed by atoms with Crippen LogP contribution in [0.25, 0.3) is 0 Å². The number of ether oxygens (including phenoxy) is 2. The van der Waals surface area contributed by atoms with E-state index in [1.54, 1.807) is 48.5 Å². The van der Waals surface area contributed by atoms with Crippen molar-refractivity contribution in [2.75, 3.05) is 31.1 Å². The normalized spacial score (nSPS) is 16.3. The van der Waals surface area contributed by atoms with Gasteiger partial charge in [-0.2, -0.15) is 0 Å². The highest BCUT2D eigenvalue weighted by molar-refractivity contribution is 5.64. The SMILES string of the molecule is Oc1ccc(Oc2ccc(N(C3CNC3)C3CNC3)c(Oc3ccc(O)cc3)c2)cc1. The summed E-state index contributed by atoms with van der Waals surface area (Å²) in [4.78, 5) is 2.44. The zero-order chi connectivity index (χ0) is 21.2. The summed E-state index contributed by atoms with van der Waals surface area (Å²) in [6.07, 6.45) is 0. The molecule has 2 fully saturated rings. The van der Waals surface area contributed by atoms with E-state index in [1.165, 1.54) is 0 Å². The summed E-state index contributed by atoms with van der Waals surface area (Å²) in [5, 5.41) is 25.8. The number of nitrogens with zero attached hydrogens (tertiary/aromatic N) is 1. The van der Waals surface area contributed by atoms with Crippen molar-refractivity contribution in [2.24, 2.45) is 0 Å². The Morgan fingerprint density at radius 2 is 1.13 bits per heavy atom. The summed E-state index contributed by atoms with van der Waals surface area (Å²) in [5.74, 6) is 2.99. The lowest BCUT2D eigenvalue weighted by atomic mass is 10.0. The Labute approximate surface area is 180 Å². The van der Waals surface area contributed by atoms with Gasteiger partial charge in [0.25, 0.3) is 0 Å². The zero-order valence-corrected chi connectivity index (χ0v) is 17.0. The lowest BCUT2D eigenvalue weighted by Gasteiger charge is -2.48. The molecule has 2 aliphatic heterocycles. The van der Waals surface area contributed by atoms with Gasteiger partial charge in [-0.15, -0.1) is 0 Å². The lowest BCUT2D eigenvalue weighted by Crippen LogP contribution is -2.67. The summed E-state index contributed by atoms with van der Waals surface area (Å²) >= 11 is 0. The van der Waals surface area contributed by atoms with Crippen LogP contribution >= 0.6 is 0 Å². The van der Waals surface area contributed by atoms with Crippen LogP contribution in [0, 0.1) is 0 Å². The van der Waals surface area contributed by atoms with Gasteiger partial charge in [-0.05, 0) is 60.7 Å². The van der Waals surface area contributed by atoms with Crippen molar-refractivity contribution >= 4 is 5.69 Å². The second kappa shape index (κ2) is 8.37. The molecule has 0 atom stereocenters. The van der Waals surface area contributed by atoms with Crippen LogP contribution in [0.3, 0.4) is 0 Å². The molecule has 0 amide bonds. The van der Waals surface area contributed by atoms with E-state index in [2.05, 4.69) is 15.5 Å². The average Bonchev–Trinajstić information content (AvgIpc) is 2.69. The minimum atomic E-state index is 0.193. The van der Waals surface area contributed by atoms with Crippen LogP contribution in [0.5, 0.6) is 34.5 Å². The molecule has 2 heterocycles. The molecule has 160 valence electrons. The molecule has 0 aliphatic carbocycles. The number of hydrogen-bond acceptors (Lipinski definition) is 7. The average molecular weight is 419 g/mol. The quantitative estimate of drug-likeness (QED) is 0.467. The molecule has 7 heteroatoms. The summed E-state index contributed by atoms with van der Waals surface area (Å²) in [7, 11) is 0. The Kier molecular flexibility index (Phi) is 5.28. The van der Waals surface area contributed by atoms with Crippen molar-refractivity contribution < 1.29 is 19.7 Å². The van der Waals surface area contributed by atoms with Gasteiger partial charge in [0, 0.05) is 32.2 Å². The maximum Gasteiger partial charge on any atom is 0.154 e. The predicted molar refractivity (Wildman–Crippen MR) is 119 cm³/mol. The molecule has 5 rings (SSSR count). The van der Waals surface area contributed by atoms with Crippen LogP contribution in [-0.4, -0.2) is 48.5 Å². The Bertz CT molecular complexity index is 1020. The molecule has 7 nitrogen and oxygen atoms in total. The Morgan fingerprint density at radius 3 is 1.61 bits per heavy atom. The minimum absolute atomic E-state index is 0.193. The van der Waals surface area contributed by atoms with Gasteiger partial charge in [0.2, 0.25) is 0 Å². The van der Waals surface area contributed by atoms with Crippen molar-refractivity contribution in [3.63, 3.8) is 0 Å².